The van der Waals surface area contributed by atoms with E-state index in [-0.39, 0.29) is 18.1 Å². The highest BCUT2D eigenvalue weighted by Gasteiger charge is 2.28. The molecule has 0 saturated heterocycles. The third-order valence-corrected chi connectivity index (χ3v) is 3.72. The minimum Gasteiger partial charge on any atom is -0.391 e. The quantitative estimate of drug-likeness (QED) is 0.797. The van der Waals surface area contributed by atoms with Crippen LogP contribution in [-0.4, -0.2) is 47.1 Å². The van der Waals surface area contributed by atoms with Crippen molar-refractivity contribution in [2.75, 3.05) is 19.1 Å². The van der Waals surface area contributed by atoms with Gasteiger partial charge < -0.3 is 10.0 Å². The monoisotopic (exact) mass is 231 g/mol. The van der Waals surface area contributed by atoms with E-state index in [1.165, 1.54) is 0 Å². The number of aliphatic hydroxyl groups excluding tert-OH is 1. The summed E-state index contributed by atoms with van der Waals surface area (Å²) < 4.78 is 0. The van der Waals surface area contributed by atoms with Gasteiger partial charge >= 0.3 is 0 Å². The van der Waals surface area contributed by atoms with Crippen LogP contribution in [0.1, 0.15) is 32.1 Å². The zero-order valence-electron chi connectivity index (χ0n) is 9.61. The summed E-state index contributed by atoms with van der Waals surface area (Å²) in [4.78, 5) is 13.5. The van der Waals surface area contributed by atoms with Crippen molar-refractivity contribution in [1.29, 1.82) is 0 Å². The molecule has 88 valence electrons. The molecule has 4 heteroatoms. The number of hydrogen-bond donors (Lipinski definition) is 1. The molecule has 0 heterocycles. The molecular weight excluding hydrogens is 210 g/mol. The highest BCUT2D eigenvalue weighted by molar-refractivity contribution is 7.98. The lowest BCUT2D eigenvalue weighted by atomic mass is 9.91. The van der Waals surface area contributed by atoms with Gasteiger partial charge in [0.25, 0.3) is 0 Å². The first kappa shape index (κ1) is 12.8. The zero-order chi connectivity index (χ0) is 11.3. The van der Waals surface area contributed by atoms with E-state index >= 15 is 0 Å². The molecule has 2 atom stereocenters. The first-order valence-corrected chi connectivity index (χ1v) is 6.99. The van der Waals surface area contributed by atoms with Crippen LogP contribution < -0.4 is 0 Å². The summed E-state index contributed by atoms with van der Waals surface area (Å²) in [7, 11) is 1.82. The van der Waals surface area contributed by atoms with Crippen molar-refractivity contribution in [1.82, 2.24) is 4.90 Å². The van der Waals surface area contributed by atoms with Gasteiger partial charge in [-0.1, -0.05) is 12.8 Å². The van der Waals surface area contributed by atoms with Crippen LogP contribution in [0.5, 0.6) is 0 Å². The second-order valence-electron chi connectivity index (χ2n) is 4.17. The number of carbonyl (C=O) groups excluding carboxylic acids is 1. The maximum absolute atomic E-state index is 11.7. The largest absolute Gasteiger partial charge is 0.391 e. The van der Waals surface area contributed by atoms with Crippen LogP contribution in [0.15, 0.2) is 0 Å². The minimum atomic E-state index is -0.318. The van der Waals surface area contributed by atoms with Gasteiger partial charge in [0.15, 0.2) is 0 Å². The average Bonchev–Trinajstić information content (AvgIpc) is 2.25. The van der Waals surface area contributed by atoms with Crippen LogP contribution in [0.25, 0.3) is 0 Å². The van der Waals surface area contributed by atoms with E-state index in [9.17, 15) is 9.90 Å². The van der Waals surface area contributed by atoms with Gasteiger partial charge in [-0.15, -0.1) is 0 Å². The fourth-order valence-electron chi connectivity index (χ4n) is 2.09. The van der Waals surface area contributed by atoms with Crippen LogP contribution in [-0.2, 0) is 4.79 Å². The Bertz CT molecular complexity index is 211. The molecular formula is C11H21NO2S. The van der Waals surface area contributed by atoms with Gasteiger partial charge in [-0.05, 0) is 19.1 Å². The van der Waals surface area contributed by atoms with E-state index in [1.807, 2.05) is 13.3 Å². The van der Waals surface area contributed by atoms with E-state index in [2.05, 4.69) is 0 Å². The van der Waals surface area contributed by atoms with Crippen LogP contribution in [0.4, 0.5) is 0 Å². The van der Waals surface area contributed by atoms with E-state index in [1.54, 1.807) is 16.7 Å². The van der Waals surface area contributed by atoms with Crippen molar-refractivity contribution in [3.8, 4) is 0 Å². The van der Waals surface area contributed by atoms with E-state index < -0.39 is 0 Å². The van der Waals surface area contributed by atoms with Gasteiger partial charge in [-0.2, -0.15) is 11.8 Å². The van der Waals surface area contributed by atoms with E-state index in [0.717, 1.165) is 31.4 Å². The number of amides is 1. The maximum atomic E-state index is 11.7. The molecule has 0 aromatic carbocycles. The standard InChI is InChI=1S/C11H21NO2S/c1-12(11(14)7-8-15-2)9-5-3-4-6-10(9)13/h9-10,13H,3-8H2,1-2H3. The second kappa shape index (κ2) is 6.38. The average molecular weight is 231 g/mol. The fourth-order valence-corrected chi connectivity index (χ4v) is 2.47. The van der Waals surface area contributed by atoms with Gasteiger partial charge in [0, 0.05) is 19.2 Å². The molecule has 1 rings (SSSR count). The molecule has 1 fully saturated rings. The maximum Gasteiger partial charge on any atom is 0.223 e. The lowest BCUT2D eigenvalue weighted by Gasteiger charge is -2.35. The van der Waals surface area contributed by atoms with Gasteiger partial charge in [0.05, 0.1) is 12.1 Å². The van der Waals surface area contributed by atoms with Gasteiger partial charge in [0.2, 0.25) is 5.91 Å². The van der Waals surface area contributed by atoms with Crippen molar-refractivity contribution in [3.05, 3.63) is 0 Å². The summed E-state index contributed by atoms with van der Waals surface area (Å²) >= 11 is 1.68. The molecule has 2 unspecified atom stereocenters. The number of nitrogens with zero attached hydrogens (tertiary/aromatic N) is 1. The lowest BCUT2D eigenvalue weighted by molar-refractivity contribution is -0.134. The zero-order valence-corrected chi connectivity index (χ0v) is 10.4. The summed E-state index contributed by atoms with van der Waals surface area (Å²) in [5.41, 5.74) is 0. The van der Waals surface area contributed by atoms with Gasteiger partial charge in [-0.25, -0.2) is 0 Å². The molecule has 0 aromatic rings. The van der Waals surface area contributed by atoms with Crippen LogP contribution in [0.2, 0.25) is 0 Å². The van der Waals surface area contributed by atoms with E-state index in [4.69, 9.17) is 0 Å². The smallest absolute Gasteiger partial charge is 0.223 e. The Morgan fingerprint density at radius 1 is 1.47 bits per heavy atom. The Kier molecular flexibility index (Phi) is 5.47. The first-order chi connectivity index (χ1) is 7.16. The Labute approximate surface area is 96.2 Å². The molecule has 1 amide bonds. The van der Waals surface area contributed by atoms with Crippen LogP contribution >= 0.6 is 11.8 Å². The third-order valence-electron chi connectivity index (χ3n) is 3.10. The number of likely N-dealkylation sites (N-methyl/N-ethyl adjacent to an activating group) is 1. The molecule has 1 aliphatic rings. The Hall–Kier alpha value is -0.220. The summed E-state index contributed by atoms with van der Waals surface area (Å²) in [5.74, 6) is 1.03. The van der Waals surface area contributed by atoms with Crippen molar-refractivity contribution in [2.24, 2.45) is 0 Å². The Morgan fingerprint density at radius 2 is 2.13 bits per heavy atom. The number of aliphatic hydroxyl groups is 1. The van der Waals surface area contributed by atoms with Crippen molar-refractivity contribution in [3.63, 3.8) is 0 Å². The van der Waals surface area contributed by atoms with Crippen molar-refractivity contribution < 1.29 is 9.90 Å². The number of hydrogen-bond acceptors (Lipinski definition) is 3. The Morgan fingerprint density at radius 3 is 2.73 bits per heavy atom. The second-order valence-corrected chi connectivity index (χ2v) is 5.15. The predicted molar refractivity (Wildman–Crippen MR) is 64.0 cm³/mol. The third kappa shape index (κ3) is 3.68. The highest BCUT2D eigenvalue weighted by atomic mass is 32.2. The number of rotatable bonds is 4. The summed E-state index contributed by atoms with van der Waals surface area (Å²) in [6, 6.07) is 0.0492. The summed E-state index contributed by atoms with van der Waals surface area (Å²) in [5, 5.41) is 9.81. The molecule has 0 bridgehead atoms. The summed E-state index contributed by atoms with van der Waals surface area (Å²) in [6.07, 6.45) is 6.27. The SMILES string of the molecule is CSCCC(=O)N(C)C1CCCCC1O. The molecule has 1 saturated carbocycles. The Balaban J connectivity index is 2.42. The summed E-state index contributed by atoms with van der Waals surface area (Å²) in [6.45, 7) is 0. The molecule has 1 N–H and O–H groups in total. The van der Waals surface area contributed by atoms with Crippen molar-refractivity contribution >= 4 is 17.7 Å². The first-order valence-electron chi connectivity index (χ1n) is 5.59. The fraction of sp³-hybridized carbons (Fsp3) is 0.909. The highest BCUT2D eigenvalue weighted by Crippen LogP contribution is 2.22. The van der Waals surface area contributed by atoms with Gasteiger partial charge in [0.1, 0.15) is 0 Å². The lowest BCUT2D eigenvalue weighted by Crippen LogP contribution is -2.46. The molecule has 0 radical (unpaired) electrons. The van der Waals surface area contributed by atoms with Crippen molar-refractivity contribution in [2.45, 2.75) is 44.2 Å². The molecule has 0 aromatic heterocycles. The van der Waals surface area contributed by atoms with Crippen LogP contribution in [0.3, 0.4) is 0 Å². The molecule has 0 spiro atoms. The minimum absolute atomic E-state index is 0.0492. The molecule has 3 nitrogen and oxygen atoms in total. The van der Waals surface area contributed by atoms with E-state index in [0.29, 0.717) is 6.42 Å². The topological polar surface area (TPSA) is 40.5 Å². The molecule has 1 aliphatic carbocycles. The van der Waals surface area contributed by atoms with Crippen LogP contribution in [0, 0.1) is 0 Å². The normalized spacial score (nSPS) is 26.3. The molecule has 15 heavy (non-hydrogen) atoms. The number of thioether (sulfide) groups is 1. The number of carbonyl (C=O) groups is 1. The molecule has 0 aliphatic heterocycles. The van der Waals surface area contributed by atoms with Gasteiger partial charge in [-0.3, -0.25) is 4.79 Å². The predicted octanol–water partition coefficient (Wildman–Crippen LogP) is 1.50.